The summed E-state index contributed by atoms with van der Waals surface area (Å²) in [5.74, 6) is 1.77. The molecule has 1 atom stereocenters. The van der Waals surface area contributed by atoms with Crippen molar-refractivity contribution < 1.29 is 0 Å². The Morgan fingerprint density at radius 3 is 1.86 bits per heavy atom. The monoisotopic (exact) mass is 98.1 g/mol. The van der Waals surface area contributed by atoms with Crippen LogP contribution in [0.3, 0.4) is 0 Å². The lowest BCUT2D eigenvalue weighted by molar-refractivity contribution is 0.575. The molecule has 0 rings (SSSR count). The molecule has 0 aliphatic rings. The Hall–Kier alpha value is 0.0649. The molecule has 1 unspecified atom stereocenters. The van der Waals surface area contributed by atoms with Gasteiger partial charge in [0.1, 0.15) is 7.85 Å². The van der Waals surface area contributed by atoms with Gasteiger partial charge in [-0.3, -0.25) is 0 Å². The van der Waals surface area contributed by atoms with Crippen molar-refractivity contribution in [3.63, 3.8) is 0 Å². The van der Waals surface area contributed by atoms with Crippen molar-refractivity contribution in [3.8, 4) is 0 Å². The van der Waals surface area contributed by atoms with E-state index in [1.54, 1.807) is 0 Å². The molecule has 0 saturated carbocycles. The van der Waals surface area contributed by atoms with E-state index in [1.165, 1.54) is 6.42 Å². The molecule has 42 valence electrons. The third kappa shape index (κ3) is 2.72. The Labute approximate surface area is 47.7 Å². The Morgan fingerprint density at radius 1 is 1.43 bits per heavy atom. The summed E-state index contributed by atoms with van der Waals surface area (Å²) in [6.45, 7) is 6.78. The second kappa shape index (κ2) is 3.12. The van der Waals surface area contributed by atoms with Gasteiger partial charge in [0.2, 0.25) is 0 Å². The van der Waals surface area contributed by atoms with E-state index in [2.05, 4.69) is 28.6 Å². The number of rotatable bonds is 2. The lowest BCUT2D eigenvalue weighted by atomic mass is 9.77. The predicted octanol–water partition coefficient (Wildman–Crippen LogP) is 1.47. The standard InChI is InChI=1S/C6H15B/c1-4-6(7)5(2)3/h5-6H,4,7H2,1-3H3. The van der Waals surface area contributed by atoms with Crippen LogP contribution in [-0.4, -0.2) is 7.85 Å². The molecule has 0 aromatic rings. The predicted molar refractivity (Wildman–Crippen MR) is 37.4 cm³/mol. The molecule has 0 aliphatic heterocycles. The van der Waals surface area contributed by atoms with Crippen LogP contribution in [0.15, 0.2) is 0 Å². The summed E-state index contributed by atoms with van der Waals surface area (Å²) in [6.07, 6.45) is 1.32. The molecule has 0 aromatic heterocycles. The molecule has 0 spiro atoms. The van der Waals surface area contributed by atoms with Crippen molar-refractivity contribution in [1.82, 2.24) is 0 Å². The first-order valence-corrected chi connectivity index (χ1v) is 3.18. The van der Waals surface area contributed by atoms with Gasteiger partial charge in [0.15, 0.2) is 0 Å². The zero-order valence-corrected chi connectivity index (χ0v) is 5.86. The van der Waals surface area contributed by atoms with E-state index in [0.29, 0.717) is 0 Å². The molecular formula is C6H15B. The maximum atomic E-state index is 2.30. The molecule has 0 heterocycles. The van der Waals surface area contributed by atoms with E-state index < -0.39 is 0 Å². The molecule has 0 N–H and O–H groups in total. The van der Waals surface area contributed by atoms with Crippen molar-refractivity contribution in [3.05, 3.63) is 0 Å². The zero-order valence-electron chi connectivity index (χ0n) is 5.86. The molecule has 0 bridgehead atoms. The molecule has 0 amide bonds. The minimum Gasteiger partial charge on any atom is -0.0677 e. The summed E-state index contributed by atoms with van der Waals surface area (Å²) in [4.78, 5) is 0. The van der Waals surface area contributed by atoms with Gasteiger partial charge in [0.05, 0.1) is 0 Å². The molecule has 0 aromatic carbocycles. The molecule has 0 nitrogen and oxygen atoms in total. The topological polar surface area (TPSA) is 0 Å². The van der Waals surface area contributed by atoms with E-state index >= 15 is 0 Å². The first-order valence-electron chi connectivity index (χ1n) is 3.18. The van der Waals surface area contributed by atoms with Crippen LogP contribution >= 0.6 is 0 Å². The highest BCUT2D eigenvalue weighted by molar-refractivity contribution is 6.11. The van der Waals surface area contributed by atoms with Crippen molar-refractivity contribution in [2.75, 3.05) is 0 Å². The van der Waals surface area contributed by atoms with Gasteiger partial charge in [0.25, 0.3) is 0 Å². The second-order valence-corrected chi connectivity index (χ2v) is 2.63. The van der Waals surface area contributed by atoms with Crippen molar-refractivity contribution in [2.45, 2.75) is 33.0 Å². The van der Waals surface area contributed by atoms with E-state index in [1.807, 2.05) is 0 Å². The maximum absolute atomic E-state index is 2.30. The minimum atomic E-state index is 0.866. The van der Waals surface area contributed by atoms with Gasteiger partial charge in [-0.05, 0) is 0 Å². The van der Waals surface area contributed by atoms with Gasteiger partial charge in [-0.2, -0.15) is 0 Å². The van der Waals surface area contributed by atoms with Gasteiger partial charge in [-0.25, -0.2) is 0 Å². The molecule has 1 heteroatoms. The molecule has 0 aliphatic carbocycles. The van der Waals surface area contributed by atoms with Crippen LogP contribution in [-0.2, 0) is 0 Å². The second-order valence-electron chi connectivity index (χ2n) is 2.63. The SMILES string of the molecule is BC(CC)C(C)C. The van der Waals surface area contributed by atoms with Crippen LogP contribution < -0.4 is 0 Å². The molecule has 0 fully saturated rings. The normalized spacial score (nSPS) is 14.9. The lowest BCUT2D eigenvalue weighted by Gasteiger charge is -2.10. The van der Waals surface area contributed by atoms with Crippen molar-refractivity contribution >= 4 is 7.85 Å². The van der Waals surface area contributed by atoms with Crippen LogP contribution in [0.25, 0.3) is 0 Å². The summed E-state index contributed by atoms with van der Waals surface area (Å²) in [7, 11) is 2.30. The lowest BCUT2D eigenvalue weighted by Crippen LogP contribution is -1.98. The largest absolute Gasteiger partial charge is 0.105 e. The fourth-order valence-electron chi connectivity index (χ4n) is 0.471. The van der Waals surface area contributed by atoms with Crippen LogP contribution in [0, 0.1) is 5.92 Å². The Balaban J connectivity index is 3.14. The summed E-state index contributed by atoms with van der Waals surface area (Å²) < 4.78 is 0. The van der Waals surface area contributed by atoms with E-state index in [4.69, 9.17) is 0 Å². The van der Waals surface area contributed by atoms with Gasteiger partial charge in [-0.1, -0.05) is 38.9 Å². The molecular weight excluding hydrogens is 82.9 g/mol. The average Bonchev–Trinajstić information content (AvgIpc) is 1.65. The third-order valence-electron chi connectivity index (χ3n) is 1.78. The van der Waals surface area contributed by atoms with Crippen LogP contribution in [0.2, 0.25) is 5.82 Å². The number of hydrogen-bond acceptors (Lipinski definition) is 0. The first-order chi connectivity index (χ1) is 3.18. The summed E-state index contributed by atoms with van der Waals surface area (Å²) in [5, 5.41) is 0. The Bertz CT molecular complexity index is 41.4. The van der Waals surface area contributed by atoms with E-state index in [9.17, 15) is 0 Å². The fourth-order valence-corrected chi connectivity index (χ4v) is 0.471. The highest BCUT2D eigenvalue weighted by atomic mass is 14.0. The van der Waals surface area contributed by atoms with Crippen LogP contribution in [0.5, 0.6) is 0 Å². The summed E-state index contributed by atoms with van der Waals surface area (Å²) in [6, 6.07) is 0. The van der Waals surface area contributed by atoms with Gasteiger partial charge >= 0.3 is 0 Å². The van der Waals surface area contributed by atoms with Gasteiger partial charge < -0.3 is 0 Å². The summed E-state index contributed by atoms with van der Waals surface area (Å²) >= 11 is 0. The molecule has 7 heavy (non-hydrogen) atoms. The van der Waals surface area contributed by atoms with E-state index in [-0.39, 0.29) is 0 Å². The van der Waals surface area contributed by atoms with Crippen LogP contribution in [0.1, 0.15) is 27.2 Å². The Kier molecular flexibility index (Phi) is 3.15. The minimum absolute atomic E-state index is 0.866. The van der Waals surface area contributed by atoms with E-state index in [0.717, 1.165) is 11.7 Å². The van der Waals surface area contributed by atoms with Gasteiger partial charge in [-0.15, -0.1) is 0 Å². The summed E-state index contributed by atoms with van der Waals surface area (Å²) in [5.41, 5.74) is 0. The first kappa shape index (κ1) is 7.06. The quantitative estimate of drug-likeness (QED) is 0.459. The smallest absolute Gasteiger partial charge is 0.0677 e. The molecule has 0 radical (unpaired) electrons. The zero-order chi connectivity index (χ0) is 5.86. The van der Waals surface area contributed by atoms with Crippen molar-refractivity contribution in [2.24, 2.45) is 5.92 Å². The fraction of sp³-hybridized carbons (Fsp3) is 1.00. The highest BCUT2D eigenvalue weighted by Crippen LogP contribution is 2.15. The van der Waals surface area contributed by atoms with Crippen molar-refractivity contribution in [1.29, 1.82) is 0 Å². The number of hydrogen-bond donors (Lipinski definition) is 0. The third-order valence-corrected chi connectivity index (χ3v) is 1.78. The average molecular weight is 98.0 g/mol. The Morgan fingerprint density at radius 2 is 1.86 bits per heavy atom. The van der Waals surface area contributed by atoms with Gasteiger partial charge in [0, 0.05) is 0 Å². The maximum Gasteiger partial charge on any atom is 0.105 e. The van der Waals surface area contributed by atoms with Crippen LogP contribution in [0.4, 0.5) is 0 Å². The molecule has 0 saturated heterocycles. The highest BCUT2D eigenvalue weighted by Gasteiger charge is 2.01.